The van der Waals surface area contributed by atoms with E-state index in [1.54, 1.807) is 36.4 Å². The molecule has 0 aliphatic rings. The molecular weight excluding hydrogens is 288 g/mol. The summed E-state index contributed by atoms with van der Waals surface area (Å²) >= 11 is 5.93. The summed E-state index contributed by atoms with van der Waals surface area (Å²) in [6.45, 7) is 1.82. The van der Waals surface area contributed by atoms with Gasteiger partial charge in [-0.3, -0.25) is 10.6 Å². The van der Waals surface area contributed by atoms with Crippen molar-refractivity contribution in [3.05, 3.63) is 58.1 Å². The van der Waals surface area contributed by atoms with Gasteiger partial charge in [0.2, 0.25) is 0 Å². The Balaban J connectivity index is 2.22. The van der Waals surface area contributed by atoms with E-state index in [1.807, 2.05) is 13.0 Å². The number of benzene rings is 2. The van der Waals surface area contributed by atoms with Gasteiger partial charge in [0, 0.05) is 16.9 Å². The lowest BCUT2D eigenvalue weighted by Gasteiger charge is -2.10. The average Bonchev–Trinajstić information content (AvgIpc) is 2.47. The number of amides is 1. The summed E-state index contributed by atoms with van der Waals surface area (Å²) in [4.78, 5) is 12.2. The van der Waals surface area contributed by atoms with Crippen molar-refractivity contribution in [1.29, 1.82) is 5.26 Å². The number of rotatable bonds is 3. The van der Waals surface area contributed by atoms with Gasteiger partial charge in [0.25, 0.3) is 5.91 Å². The third-order valence-corrected chi connectivity index (χ3v) is 3.30. The number of hydrogen-bond acceptors (Lipinski definition) is 4. The number of nitrogens with zero attached hydrogens (tertiary/aromatic N) is 1. The molecule has 0 aliphatic heterocycles. The molecule has 1 amide bonds. The fourth-order valence-corrected chi connectivity index (χ4v) is 2.11. The first-order valence-corrected chi connectivity index (χ1v) is 6.51. The van der Waals surface area contributed by atoms with Gasteiger partial charge in [-0.1, -0.05) is 11.6 Å². The molecule has 0 unspecified atom stereocenters. The molecule has 21 heavy (non-hydrogen) atoms. The third-order valence-electron chi connectivity index (χ3n) is 2.99. The van der Waals surface area contributed by atoms with Gasteiger partial charge < -0.3 is 10.7 Å². The van der Waals surface area contributed by atoms with E-state index in [1.165, 1.54) is 0 Å². The molecule has 2 aromatic rings. The number of halogens is 1. The van der Waals surface area contributed by atoms with Crippen LogP contribution in [0.5, 0.6) is 0 Å². The molecule has 0 fully saturated rings. The first-order valence-electron chi connectivity index (χ1n) is 6.13. The predicted octanol–water partition coefficient (Wildman–Crippen LogP) is 3.06. The summed E-state index contributed by atoms with van der Waals surface area (Å²) in [6.07, 6.45) is 0. The van der Waals surface area contributed by atoms with Gasteiger partial charge in [-0.25, -0.2) is 0 Å². The number of anilines is 2. The Hall–Kier alpha value is -2.55. The van der Waals surface area contributed by atoms with Crippen LogP contribution in [0.2, 0.25) is 5.02 Å². The van der Waals surface area contributed by atoms with E-state index in [9.17, 15) is 4.79 Å². The first-order chi connectivity index (χ1) is 10.0. The molecule has 5 nitrogen and oxygen atoms in total. The Bertz CT molecular complexity index is 737. The van der Waals surface area contributed by atoms with Gasteiger partial charge in [-0.05, 0) is 48.9 Å². The molecule has 4 N–H and O–H groups in total. The highest BCUT2D eigenvalue weighted by molar-refractivity contribution is 6.32. The number of nitrogens with one attached hydrogen (secondary N) is 2. The van der Waals surface area contributed by atoms with Crippen LogP contribution in [0, 0.1) is 18.3 Å². The molecule has 106 valence electrons. The van der Waals surface area contributed by atoms with Crippen molar-refractivity contribution in [1.82, 2.24) is 0 Å². The largest absolute Gasteiger partial charge is 0.324 e. The topological polar surface area (TPSA) is 90.9 Å². The number of carbonyl (C=O) groups excluding carboxylic acids is 1. The molecule has 6 heteroatoms. The monoisotopic (exact) mass is 300 g/mol. The molecule has 0 radical (unpaired) electrons. The van der Waals surface area contributed by atoms with E-state index in [-0.39, 0.29) is 5.91 Å². The Morgan fingerprint density at radius 1 is 1.24 bits per heavy atom. The SMILES string of the molecule is Cc1cc(NN)ccc1C(=O)Nc1ccc(C#N)c(Cl)c1. The summed E-state index contributed by atoms with van der Waals surface area (Å²) < 4.78 is 0. The molecule has 2 rings (SSSR count). The van der Waals surface area contributed by atoms with Crippen LogP contribution in [0.25, 0.3) is 0 Å². The second-order valence-electron chi connectivity index (χ2n) is 4.43. The molecule has 2 aromatic carbocycles. The minimum Gasteiger partial charge on any atom is -0.324 e. The first kappa shape index (κ1) is 14.9. The lowest BCUT2D eigenvalue weighted by Crippen LogP contribution is -2.14. The maximum absolute atomic E-state index is 12.2. The van der Waals surface area contributed by atoms with Crippen molar-refractivity contribution in [3.8, 4) is 6.07 Å². The zero-order valence-electron chi connectivity index (χ0n) is 11.3. The third kappa shape index (κ3) is 3.31. The van der Waals surface area contributed by atoms with Crippen molar-refractivity contribution in [3.63, 3.8) is 0 Å². The molecule has 0 aliphatic carbocycles. The maximum Gasteiger partial charge on any atom is 0.255 e. The summed E-state index contributed by atoms with van der Waals surface area (Å²) in [5.74, 6) is 5.07. The fraction of sp³-hybridized carbons (Fsp3) is 0.0667. The van der Waals surface area contributed by atoms with Gasteiger partial charge in [0.1, 0.15) is 6.07 Å². The molecular formula is C15H13ClN4O. The van der Waals surface area contributed by atoms with Crippen LogP contribution in [0.1, 0.15) is 21.5 Å². The van der Waals surface area contributed by atoms with E-state index >= 15 is 0 Å². The zero-order valence-corrected chi connectivity index (χ0v) is 12.0. The van der Waals surface area contributed by atoms with Gasteiger partial charge in [-0.2, -0.15) is 5.26 Å². The molecule has 0 saturated carbocycles. The highest BCUT2D eigenvalue weighted by atomic mass is 35.5. The molecule has 0 atom stereocenters. The van der Waals surface area contributed by atoms with E-state index in [0.29, 0.717) is 21.8 Å². The van der Waals surface area contributed by atoms with Crippen LogP contribution >= 0.6 is 11.6 Å². The quantitative estimate of drug-likeness (QED) is 0.600. The van der Waals surface area contributed by atoms with Crippen molar-refractivity contribution in [2.75, 3.05) is 10.7 Å². The molecule has 0 heterocycles. The van der Waals surface area contributed by atoms with E-state index in [2.05, 4.69) is 10.7 Å². The van der Waals surface area contributed by atoms with Gasteiger partial charge in [-0.15, -0.1) is 0 Å². The number of nitrogen functional groups attached to an aromatic ring is 1. The smallest absolute Gasteiger partial charge is 0.255 e. The Kier molecular flexibility index (Phi) is 4.43. The number of nitriles is 1. The predicted molar refractivity (Wildman–Crippen MR) is 83.1 cm³/mol. The summed E-state index contributed by atoms with van der Waals surface area (Å²) in [7, 11) is 0. The summed E-state index contributed by atoms with van der Waals surface area (Å²) in [5, 5.41) is 11.9. The molecule has 0 saturated heterocycles. The Morgan fingerprint density at radius 3 is 2.52 bits per heavy atom. The van der Waals surface area contributed by atoms with Crippen LogP contribution in [0.15, 0.2) is 36.4 Å². The fourth-order valence-electron chi connectivity index (χ4n) is 1.89. The molecule has 0 bridgehead atoms. The van der Waals surface area contributed by atoms with E-state index < -0.39 is 0 Å². The minimum absolute atomic E-state index is 0.253. The van der Waals surface area contributed by atoms with Crippen LogP contribution in [-0.2, 0) is 0 Å². The standard InChI is InChI=1S/C15H13ClN4O/c1-9-6-12(20-18)4-5-13(9)15(21)19-11-3-2-10(8-17)14(16)7-11/h2-7,20H,18H2,1H3,(H,19,21). The average molecular weight is 301 g/mol. The normalized spacial score (nSPS) is 9.81. The van der Waals surface area contributed by atoms with Crippen LogP contribution in [-0.4, -0.2) is 5.91 Å². The number of aryl methyl sites for hydroxylation is 1. The van der Waals surface area contributed by atoms with Crippen molar-refractivity contribution >= 4 is 28.9 Å². The van der Waals surface area contributed by atoms with Gasteiger partial charge >= 0.3 is 0 Å². The molecule has 0 aromatic heterocycles. The van der Waals surface area contributed by atoms with Crippen molar-refractivity contribution in [2.45, 2.75) is 6.92 Å². The highest BCUT2D eigenvalue weighted by Gasteiger charge is 2.10. The Morgan fingerprint density at radius 2 is 1.95 bits per heavy atom. The highest BCUT2D eigenvalue weighted by Crippen LogP contribution is 2.21. The number of hydrazine groups is 1. The van der Waals surface area contributed by atoms with E-state index in [0.717, 1.165) is 11.3 Å². The second kappa shape index (κ2) is 6.27. The summed E-state index contributed by atoms with van der Waals surface area (Å²) in [5.41, 5.74) is 5.48. The second-order valence-corrected chi connectivity index (χ2v) is 4.84. The van der Waals surface area contributed by atoms with Gasteiger partial charge in [0.05, 0.1) is 10.6 Å². The lowest BCUT2D eigenvalue weighted by molar-refractivity contribution is 0.102. The molecule has 0 spiro atoms. The number of carbonyl (C=O) groups is 1. The summed E-state index contributed by atoms with van der Waals surface area (Å²) in [6, 6.07) is 11.9. The van der Waals surface area contributed by atoms with Crippen LogP contribution in [0.4, 0.5) is 11.4 Å². The van der Waals surface area contributed by atoms with Crippen molar-refractivity contribution in [2.24, 2.45) is 5.84 Å². The number of nitrogens with two attached hydrogens (primary N) is 1. The Labute approximate surface area is 127 Å². The van der Waals surface area contributed by atoms with Crippen LogP contribution in [0.3, 0.4) is 0 Å². The van der Waals surface area contributed by atoms with Crippen LogP contribution < -0.4 is 16.6 Å². The van der Waals surface area contributed by atoms with Crippen molar-refractivity contribution < 1.29 is 4.79 Å². The van der Waals surface area contributed by atoms with E-state index in [4.69, 9.17) is 22.7 Å². The minimum atomic E-state index is -0.253. The lowest BCUT2D eigenvalue weighted by atomic mass is 10.1. The zero-order chi connectivity index (χ0) is 15.4. The maximum atomic E-state index is 12.2. The number of hydrogen-bond donors (Lipinski definition) is 3. The van der Waals surface area contributed by atoms with Gasteiger partial charge in [0.15, 0.2) is 0 Å².